The van der Waals surface area contributed by atoms with Crippen LogP contribution in [0.2, 0.25) is 0 Å². The maximum absolute atomic E-state index is 12.7. The first kappa shape index (κ1) is 15.0. The number of esters is 1. The smallest absolute Gasteiger partial charge is 0.344 e. The molecule has 0 aliphatic carbocycles. The molecule has 0 radical (unpaired) electrons. The van der Waals surface area contributed by atoms with E-state index in [4.69, 9.17) is 9.47 Å². The van der Waals surface area contributed by atoms with Gasteiger partial charge in [-0.05, 0) is 48.7 Å². The lowest BCUT2D eigenvalue weighted by atomic mass is 10.1. The molecule has 0 spiro atoms. The Kier molecular flexibility index (Phi) is 4.93. The van der Waals surface area contributed by atoms with Crippen LogP contribution in [-0.2, 0) is 16.1 Å². The van der Waals surface area contributed by atoms with Crippen LogP contribution in [0, 0.1) is 19.7 Å². The van der Waals surface area contributed by atoms with E-state index in [2.05, 4.69) is 0 Å². The summed E-state index contributed by atoms with van der Waals surface area (Å²) in [5.41, 5.74) is 2.76. The molecule has 2 aromatic rings. The predicted octanol–water partition coefficient (Wildman–Crippen LogP) is 3.56. The minimum absolute atomic E-state index is 0.106. The van der Waals surface area contributed by atoms with Crippen molar-refractivity contribution in [2.24, 2.45) is 0 Å². The quantitative estimate of drug-likeness (QED) is 0.789. The molecule has 0 aliphatic heterocycles. The molecule has 0 unspecified atom stereocenters. The number of carbonyl (C=O) groups excluding carboxylic acids is 1. The highest BCUT2D eigenvalue weighted by molar-refractivity contribution is 5.71. The maximum Gasteiger partial charge on any atom is 0.344 e. The monoisotopic (exact) mass is 288 g/mol. The molecule has 3 nitrogen and oxygen atoms in total. The first-order valence-corrected chi connectivity index (χ1v) is 6.65. The highest BCUT2D eigenvalue weighted by Gasteiger charge is 2.07. The molecule has 4 heteroatoms. The van der Waals surface area contributed by atoms with Gasteiger partial charge in [-0.2, -0.15) is 0 Å². The van der Waals surface area contributed by atoms with Gasteiger partial charge in [0.1, 0.15) is 18.2 Å². The maximum atomic E-state index is 12.7. The van der Waals surface area contributed by atoms with E-state index in [-0.39, 0.29) is 19.0 Å². The second-order valence-electron chi connectivity index (χ2n) is 4.84. The van der Waals surface area contributed by atoms with Crippen LogP contribution in [-0.4, -0.2) is 12.6 Å². The first-order valence-electron chi connectivity index (χ1n) is 6.65. The third-order valence-electron chi connectivity index (χ3n) is 3.00. The second kappa shape index (κ2) is 6.88. The molecular formula is C17H17FO3. The summed E-state index contributed by atoms with van der Waals surface area (Å²) in [7, 11) is 0. The summed E-state index contributed by atoms with van der Waals surface area (Å²) in [6.45, 7) is 3.83. The fourth-order valence-corrected chi connectivity index (χ4v) is 1.79. The topological polar surface area (TPSA) is 35.5 Å². The normalized spacial score (nSPS) is 10.2. The number of rotatable bonds is 5. The zero-order valence-corrected chi connectivity index (χ0v) is 12.1. The Hall–Kier alpha value is -2.36. The molecule has 2 aromatic carbocycles. The average molecular weight is 288 g/mol. The van der Waals surface area contributed by atoms with Crippen LogP contribution in [0.4, 0.5) is 4.39 Å². The highest BCUT2D eigenvalue weighted by atomic mass is 19.1. The fraction of sp³-hybridized carbons (Fsp3) is 0.235. The minimum atomic E-state index is -0.458. The predicted molar refractivity (Wildman–Crippen MR) is 77.6 cm³/mol. The summed E-state index contributed by atoms with van der Waals surface area (Å²) in [6.07, 6.45) is 0. The van der Waals surface area contributed by atoms with Gasteiger partial charge in [-0.3, -0.25) is 0 Å². The van der Waals surface area contributed by atoms with Gasteiger partial charge < -0.3 is 9.47 Å². The van der Waals surface area contributed by atoms with Crippen LogP contribution in [0.25, 0.3) is 0 Å². The van der Waals surface area contributed by atoms with E-state index < -0.39 is 5.97 Å². The summed E-state index contributed by atoms with van der Waals surface area (Å²) < 4.78 is 23.3. The molecule has 0 heterocycles. The zero-order chi connectivity index (χ0) is 15.2. The Bertz CT molecular complexity index is 620. The summed E-state index contributed by atoms with van der Waals surface area (Å²) in [6, 6.07) is 11.6. The third kappa shape index (κ3) is 4.60. The van der Waals surface area contributed by atoms with Gasteiger partial charge in [-0.25, -0.2) is 9.18 Å². The number of benzene rings is 2. The molecule has 0 N–H and O–H groups in total. The van der Waals surface area contributed by atoms with Crippen molar-refractivity contribution in [1.82, 2.24) is 0 Å². The number of hydrogen-bond acceptors (Lipinski definition) is 3. The number of halogens is 1. The molecule has 0 saturated heterocycles. The van der Waals surface area contributed by atoms with Crippen molar-refractivity contribution in [3.63, 3.8) is 0 Å². The van der Waals surface area contributed by atoms with Crippen molar-refractivity contribution in [1.29, 1.82) is 0 Å². The fourth-order valence-electron chi connectivity index (χ4n) is 1.79. The Labute approximate surface area is 123 Å². The van der Waals surface area contributed by atoms with Crippen LogP contribution in [0.5, 0.6) is 5.75 Å². The summed E-state index contributed by atoms with van der Waals surface area (Å²) in [4.78, 5) is 11.6. The SMILES string of the molecule is Cc1ccc(C)c(OCC(=O)OCc2ccc(F)cc2)c1. The molecule has 0 aromatic heterocycles. The summed E-state index contributed by atoms with van der Waals surface area (Å²) in [5, 5.41) is 0. The van der Waals surface area contributed by atoms with Gasteiger partial charge in [0.25, 0.3) is 0 Å². The van der Waals surface area contributed by atoms with Crippen LogP contribution in [0.15, 0.2) is 42.5 Å². The number of aryl methyl sites for hydroxylation is 2. The second-order valence-corrected chi connectivity index (χ2v) is 4.84. The van der Waals surface area contributed by atoms with Crippen LogP contribution < -0.4 is 4.74 Å². The summed E-state index contributed by atoms with van der Waals surface area (Å²) >= 11 is 0. The summed E-state index contributed by atoms with van der Waals surface area (Å²) in [5.74, 6) is -0.0997. The van der Waals surface area contributed by atoms with Crippen molar-refractivity contribution in [2.75, 3.05) is 6.61 Å². The number of ether oxygens (including phenoxy) is 2. The number of hydrogen-bond donors (Lipinski definition) is 0. The molecule has 21 heavy (non-hydrogen) atoms. The van der Waals surface area contributed by atoms with E-state index in [0.717, 1.165) is 16.7 Å². The van der Waals surface area contributed by atoms with E-state index >= 15 is 0 Å². The van der Waals surface area contributed by atoms with E-state index in [1.807, 2.05) is 32.0 Å². The molecule has 0 atom stereocenters. The van der Waals surface area contributed by atoms with Crippen molar-refractivity contribution in [2.45, 2.75) is 20.5 Å². The van der Waals surface area contributed by atoms with Gasteiger partial charge in [0.2, 0.25) is 0 Å². The Morgan fingerprint density at radius 1 is 1.10 bits per heavy atom. The first-order chi connectivity index (χ1) is 10.0. The van der Waals surface area contributed by atoms with E-state index in [9.17, 15) is 9.18 Å². The Morgan fingerprint density at radius 2 is 1.81 bits per heavy atom. The van der Waals surface area contributed by atoms with Crippen molar-refractivity contribution in [3.05, 3.63) is 65.0 Å². The lowest BCUT2D eigenvalue weighted by Gasteiger charge is -2.10. The van der Waals surface area contributed by atoms with Gasteiger partial charge in [0.15, 0.2) is 6.61 Å². The van der Waals surface area contributed by atoms with E-state index in [0.29, 0.717) is 5.75 Å². The van der Waals surface area contributed by atoms with Gasteiger partial charge in [-0.1, -0.05) is 24.3 Å². The van der Waals surface area contributed by atoms with E-state index in [1.165, 1.54) is 12.1 Å². The van der Waals surface area contributed by atoms with Gasteiger partial charge in [0.05, 0.1) is 0 Å². The van der Waals surface area contributed by atoms with Gasteiger partial charge >= 0.3 is 5.97 Å². The van der Waals surface area contributed by atoms with Crippen LogP contribution >= 0.6 is 0 Å². The Balaban J connectivity index is 1.82. The standard InChI is InChI=1S/C17H17FO3/c1-12-3-4-13(2)16(9-12)20-11-17(19)21-10-14-5-7-15(18)8-6-14/h3-9H,10-11H2,1-2H3. The molecule has 2 rings (SSSR count). The largest absolute Gasteiger partial charge is 0.482 e. The van der Waals surface area contributed by atoms with E-state index in [1.54, 1.807) is 12.1 Å². The van der Waals surface area contributed by atoms with Crippen molar-refractivity contribution >= 4 is 5.97 Å². The van der Waals surface area contributed by atoms with Crippen molar-refractivity contribution < 1.29 is 18.7 Å². The highest BCUT2D eigenvalue weighted by Crippen LogP contribution is 2.19. The van der Waals surface area contributed by atoms with Crippen molar-refractivity contribution in [3.8, 4) is 5.75 Å². The minimum Gasteiger partial charge on any atom is -0.482 e. The zero-order valence-electron chi connectivity index (χ0n) is 12.1. The Morgan fingerprint density at radius 3 is 2.52 bits per heavy atom. The molecule has 0 fully saturated rings. The van der Waals surface area contributed by atoms with Crippen LogP contribution in [0.3, 0.4) is 0 Å². The molecule has 0 bridgehead atoms. The lowest BCUT2D eigenvalue weighted by molar-refractivity contribution is -0.147. The molecule has 0 aliphatic rings. The third-order valence-corrected chi connectivity index (χ3v) is 3.00. The van der Waals surface area contributed by atoms with Gasteiger partial charge in [-0.15, -0.1) is 0 Å². The molecule has 0 saturated carbocycles. The lowest BCUT2D eigenvalue weighted by Crippen LogP contribution is -2.15. The average Bonchev–Trinajstić information content (AvgIpc) is 2.47. The molecule has 0 amide bonds. The molecular weight excluding hydrogens is 271 g/mol. The molecule has 110 valence electrons. The van der Waals surface area contributed by atoms with Gasteiger partial charge in [0, 0.05) is 0 Å². The van der Waals surface area contributed by atoms with Crippen LogP contribution in [0.1, 0.15) is 16.7 Å². The number of carbonyl (C=O) groups is 1.